The molecule has 2 rings (SSSR count). The fourth-order valence-electron chi connectivity index (χ4n) is 1.79. The molecular formula is C10H12N4O4. The quantitative estimate of drug-likeness (QED) is 0.815. The van der Waals surface area contributed by atoms with E-state index >= 15 is 0 Å². The first-order chi connectivity index (χ1) is 8.72. The Balaban J connectivity index is 2.16. The predicted molar refractivity (Wildman–Crippen MR) is 56.6 cm³/mol. The number of rotatable bonds is 6. The van der Waals surface area contributed by atoms with Crippen molar-refractivity contribution in [2.75, 3.05) is 0 Å². The number of aliphatic carboxylic acids is 1. The van der Waals surface area contributed by atoms with E-state index in [-0.39, 0.29) is 11.7 Å². The molecule has 8 heteroatoms. The molecular weight excluding hydrogens is 240 g/mol. The molecule has 8 nitrogen and oxygen atoms in total. The molecule has 0 aliphatic carbocycles. The van der Waals surface area contributed by atoms with Crippen molar-refractivity contribution in [3.05, 3.63) is 23.9 Å². The predicted octanol–water partition coefficient (Wildman–Crippen LogP) is 1.20. The molecule has 0 saturated carbocycles. The molecule has 96 valence electrons. The lowest BCUT2D eigenvalue weighted by molar-refractivity contribution is -0.139. The van der Waals surface area contributed by atoms with Gasteiger partial charge in [-0.05, 0) is 12.8 Å². The van der Waals surface area contributed by atoms with Crippen LogP contribution >= 0.6 is 0 Å². The molecule has 1 N–H and O–H groups in total. The van der Waals surface area contributed by atoms with E-state index in [1.807, 2.05) is 6.92 Å². The van der Waals surface area contributed by atoms with Crippen LogP contribution in [0.3, 0.4) is 0 Å². The van der Waals surface area contributed by atoms with Gasteiger partial charge in [-0.25, -0.2) is 0 Å². The van der Waals surface area contributed by atoms with Crippen molar-refractivity contribution in [3.63, 3.8) is 0 Å². The molecule has 2 heterocycles. The molecule has 0 aliphatic rings. The fourth-order valence-corrected chi connectivity index (χ4v) is 1.79. The zero-order valence-corrected chi connectivity index (χ0v) is 9.68. The number of carboxylic acids is 1. The summed E-state index contributed by atoms with van der Waals surface area (Å²) in [6.45, 7) is 1.94. The molecule has 0 bridgehead atoms. The third-order valence-electron chi connectivity index (χ3n) is 2.81. The van der Waals surface area contributed by atoms with Gasteiger partial charge in [0.1, 0.15) is 5.92 Å². The second-order valence-electron chi connectivity index (χ2n) is 3.87. The minimum Gasteiger partial charge on any atom is -0.481 e. The van der Waals surface area contributed by atoms with E-state index in [0.717, 1.165) is 0 Å². The highest BCUT2D eigenvalue weighted by Gasteiger charge is 2.29. The van der Waals surface area contributed by atoms with Crippen molar-refractivity contribution >= 4 is 5.97 Å². The Morgan fingerprint density at radius 1 is 1.28 bits per heavy atom. The highest BCUT2D eigenvalue weighted by Crippen LogP contribution is 2.31. The molecule has 2 aromatic rings. The highest BCUT2D eigenvalue weighted by molar-refractivity contribution is 5.75. The van der Waals surface area contributed by atoms with Gasteiger partial charge in [0.05, 0.1) is 12.4 Å². The van der Waals surface area contributed by atoms with Gasteiger partial charge in [-0.15, -0.1) is 10.2 Å². The maximum atomic E-state index is 11.2. The standard InChI is InChI=1S/C10H12N4O4/c1-2-6(8-4-11-13-17-8)3-7(10(15)16)9-5-12-14-18-9/h4-7H,2-3H2,1H3,(H,15,16). The normalized spacial score (nSPS) is 14.3. The van der Waals surface area contributed by atoms with Crippen LogP contribution in [-0.4, -0.2) is 31.8 Å². The monoisotopic (exact) mass is 252 g/mol. The summed E-state index contributed by atoms with van der Waals surface area (Å²) in [4.78, 5) is 11.2. The van der Waals surface area contributed by atoms with Crippen LogP contribution in [0.5, 0.6) is 0 Å². The molecule has 0 spiro atoms. The van der Waals surface area contributed by atoms with E-state index in [1.54, 1.807) is 0 Å². The van der Waals surface area contributed by atoms with E-state index in [1.165, 1.54) is 12.4 Å². The van der Waals surface area contributed by atoms with Crippen LogP contribution < -0.4 is 0 Å². The van der Waals surface area contributed by atoms with Crippen LogP contribution in [0, 0.1) is 0 Å². The third-order valence-corrected chi connectivity index (χ3v) is 2.81. The topological polar surface area (TPSA) is 115 Å². The van der Waals surface area contributed by atoms with E-state index in [4.69, 9.17) is 9.05 Å². The van der Waals surface area contributed by atoms with Gasteiger partial charge < -0.3 is 14.2 Å². The Bertz CT molecular complexity index is 482. The Morgan fingerprint density at radius 2 is 1.89 bits per heavy atom. The van der Waals surface area contributed by atoms with Gasteiger partial charge in [0.15, 0.2) is 11.5 Å². The summed E-state index contributed by atoms with van der Waals surface area (Å²) in [6, 6.07) is 0. The van der Waals surface area contributed by atoms with Crippen LogP contribution in [0.15, 0.2) is 21.4 Å². The Labute approximate surface area is 102 Å². The van der Waals surface area contributed by atoms with Crippen molar-refractivity contribution in [2.24, 2.45) is 0 Å². The molecule has 2 unspecified atom stereocenters. The van der Waals surface area contributed by atoms with Crippen molar-refractivity contribution in [2.45, 2.75) is 31.6 Å². The lowest BCUT2D eigenvalue weighted by Crippen LogP contribution is -2.14. The Kier molecular flexibility index (Phi) is 3.66. The van der Waals surface area contributed by atoms with Gasteiger partial charge >= 0.3 is 5.97 Å². The summed E-state index contributed by atoms with van der Waals surface area (Å²) in [5.74, 6) is -1.09. The van der Waals surface area contributed by atoms with Crippen LogP contribution in [0.1, 0.15) is 43.1 Å². The van der Waals surface area contributed by atoms with Gasteiger partial charge in [-0.3, -0.25) is 4.79 Å². The molecule has 0 aromatic carbocycles. The minimum atomic E-state index is -0.987. The van der Waals surface area contributed by atoms with Gasteiger partial charge in [-0.1, -0.05) is 6.92 Å². The van der Waals surface area contributed by atoms with Gasteiger partial charge in [-0.2, -0.15) is 0 Å². The SMILES string of the molecule is CCC(CC(C(=O)O)c1cnno1)c1cnno1. The lowest BCUT2D eigenvalue weighted by atomic mass is 9.89. The molecule has 18 heavy (non-hydrogen) atoms. The number of carbonyl (C=O) groups is 1. The Hall–Kier alpha value is -2.25. The van der Waals surface area contributed by atoms with Gasteiger partial charge in [0.25, 0.3) is 0 Å². The second kappa shape index (κ2) is 5.39. The number of aromatic nitrogens is 4. The van der Waals surface area contributed by atoms with Crippen LogP contribution in [0.25, 0.3) is 0 Å². The zero-order chi connectivity index (χ0) is 13.0. The summed E-state index contributed by atoms with van der Waals surface area (Å²) >= 11 is 0. The number of nitrogens with zero attached hydrogens (tertiary/aromatic N) is 4. The maximum Gasteiger partial charge on any atom is 0.314 e. The first kappa shape index (κ1) is 12.2. The second-order valence-corrected chi connectivity index (χ2v) is 3.87. The van der Waals surface area contributed by atoms with Crippen molar-refractivity contribution in [1.29, 1.82) is 0 Å². The first-order valence-electron chi connectivity index (χ1n) is 5.49. The summed E-state index contributed by atoms with van der Waals surface area (Å²) in [7, 11) is 0. The van der Waals surface area contributed by atoms with Crippen molar-refractivity contribution < 1.29 is 18.9 Å². The number of hydrogen-bond donors (Lipinski definition) is 1. The van der Waals surface area contributed by atoms with E-state index < -0.39 is 11.9 Å². The van der Waals surface area contributed by atoms with Crippen molar-refractivity contribution in [3.8, 4) is 0 Å². The molecule has 0 saturated heterocycles. The average molecular weight is 252 g/mol. The summed E-state index contributed by atoms with van der Waals surface area (Å²) < 4.78 is 9.78. The van der Waals surface area contributed by atoms with Crippen LogP contribution in [-0.2, 0) is 4.79 Å². The maximum absolute atomic E-state index is 11.2. The number of carboxylic acid groups (broad SMARTS) is 1. The summed E-state index contributed by atoms with van der Waals surface area (Å²) in [6.07, 6.45) is 3.83. The Morgan fingerprint density at radius 3 is 2.33 bits per heavy atom. The van der Waals surface area contributed by atoms with E-state index in [9.17, 15) is 9.90 Å². The van der Waals surface area contributed by atoms with Gasteiger partial charge in [0.2, 0.25) is 0 Å². The fraction of sp³-hybridized carbons (Fsp3) is 0.500. The van der Waals surface area contributed by atoms with Crippen LogP contribution in [0.4, 0.5) is 0 Å². The highest BCUT2D eigenvalue weighted by atomic mass is 16.5. The van der Waals surface area contributed by atoms with E-state index in [0.29, 0.717) is 18.6 Å². The minimum absolute atomic E-state index is 0.0915. The smallest absolute Gasteiger partial charge is 0.314 e. The molecule has 0 amide bonds. The zero-order valence-electron chi connectivity index (χ0n) is 9.68. The number of hydrogen-bond acceptors (Lipinski definition) is 7. The largest absolute Gasteiger partial charge is 0.481 e. The average Bonchev–Trinajstić information content (AvgIpc) is 3.02. The molecule has 2 atom stereocenters. The molecule has 0 radical (unpaired) electrons. The van der Waals surface area contributed by atoms with Crippen molar-refractivity contribution in [1.82, 2.24) is 20.7 Å². The molecule has 2 aromatic heterocycles. The summed E-state index contributed by atoms with van der Waals surface area (Å²) in [5.41, 5.74) is 0. The molecule has 0 fully saturated rings. The lowest BCUT2D eigenvalue weighted by Gasteiger charge is -2.14. The van der Waals surface area contributed by atoms with Crippen LogP contribution in [0.2, 0.25) is 0 Å². The van der Waals surface area contributed by atoms with Gasteiger partial charge in [0, 0.05) is 16.5 Å². The summed E-state index contributed by atoms with van der Waals surface area (Å²) in [5, 5.41) is 23.0. The third kappa shape index (κ3) is 2.53. The van der Waals surface area contributed by atoms with E-state index in [2.05, 4.69) is 20.7 Å². The first-order valence-corrected chi connectivity index (χ1v) is 5.49. The molecule has 0 aliphatic heterocycles.